The quantitative estimate of drug-likeness (QED) is 0.566. The number of hydrogen-bond acceptors (Lipinski definition) is 4. The number of benzene rings is 1. The Hall–Kier alpha value is -1.20. The smallest absolute Gasteiger partial charge is 0.191 e. The molecule has 3 nitrogen and oxygen atoms in total. The normalized spacial score (nSPS) is 10.9. The van der Waals surface area contributed by atoms with Crippen LogP contribution in [-0.2, 0) is 0 Å². The first-order valence-corrected chi connectivity index (χ1v) is 7.97. The van der Waals surface area contributed by atoms with Gasteiger partial charge in [-0.1, -0.05) is 46.9 Å². The Morgan fingerprint density at radius 3 is 2.05 bits per heavy atom. The molecule has 7 heteroatoms. The molecule has 3 aromatic rings. The molecule has 3 rings (SSSR count). The molecule has 0 amide bonds. The molecule has 0 unspecified atom stereocenters. The number of halogens is 3. The van der Waals surface area contributed by atoms with E-state index in [4.69, 9.17) is 34.8 Å². The molecule has 1 aromatic carbocycles. The summed E-state index contributed by atoms with van der Waals surface area (Å²) in [7, 11) is 0. The van der Waals surface area contributed by atoms with Gasteiger partial charge in [-0.25, -0.2) is 15.0 Å². The van der Waals surface area contributed by atoms with E-state index in [1.807, 2.05) is 24.4 Å². The molecule has 0 saturated heterocycles. The lowest BCUT2D eigenvalue weighted by Crippen LogP contribution is -1.94. The summed E-state index contributed by atoms with van der Waals surface area (Å²) in [5.41, 5.74) is 2.32. The summed E-state index contributed by atoms with van der Waals surface area (Å²) < 4.78 is 0. The average molecular weight is 357 g/mol. The first-order chi connectivity index (χ1) is 10.0. The van der Waals surface area contributed by atoms with Gasteiger partial charge in [0.05, 0.1) is 5.56 Å². The molecule has 0 atom stereocenters. The molecule has 2 heterocycles. The summed E-state index contributed by atoms with van der Waals surface area (Å²) in [6, 6.07) is 7.18. The zero-order valence-corrected chi connectivity index (χ0v) is 13.9. The van der Waals surface area contributed by atoms with Crippen LogP contribution < -0.4 is 0 Å². The van der Waals surface area contributed by atoms with Gasteiger partial charge < -0.3 is 0 Å². The van der Waals surface area contributed by atoms with Crippen molar-refractivity contribution in [3.8, 4) is 22.0 Å². The van der Waals surface area contributed by atoms with Crippen molar-refractivity contribution in [1.82, 2.24) is 15.0 Å². The lowest BCUT2D eigenvalue weighted by Gasteiger charge is -2.07. The van der Waals surface area contributed by atoms with Crippen LogP contribution in [-0.4, -0.2) is 15.0 Å². The van der Waals surface area contributed by atoms with E-state index in [2.05, 4.69) is 15.0 Å². The highest BCUT2D eigenvalue weighted by Gasteiger charge is 2.16. The predicted octanol–water partition coefficient (Wildman–Crippen LogP) is 5.54. The third-order valence-corrected chi connectivity index (χ3v) is 4.52. The zero-order valence-electron chi connectivity index (χ0n) is 10.8. The molecule has 0 N–H and O–H groups in total. The Kier molecular flexibility index (Phi) is 4.13. The number of aryl methyl sites for hydroxylation is 1. The first-order valence-electron chi connectivity index (χ1n) is 5.96. The van der Waals surface area contributed by atoms with Gasteiger partial charge in [0.15, 0.2) is 10.8 Å². The molecule has 2 aromatic heterocycles. The van der Waals surface area contributed by atoms with Crippen LogP contribution >= 0.6 is 46.1 Å². The minimum Gasteiger partial charge on any atom is -0.238 e. The van der Waals surface area contributed by atoms with Crippen molar-refractivity contribution in [2.45, 2.75) is 6.92 Å². The van der Waals surface area contributed by atoms with E-state index in [9.17, 15) is 0 Å². The largest absolute Gasteiger partial charge is 0.238 e. The van der Waals surface area contributed by atoms with Gasteiger partial charge in [0.2, 0.25) is 0 Å². The molecule has 0 spiro atoms. The molecule has 0 aliphatic carbocycles. The minimum absolute atomic E-state index is 0.292. The molecule has 0 radical (unpaired) electrons. The SMILES string of the molecule is Cc1csc(-c2nc(Cl)c(-c3ccc(Cl)cc3)c(Cl)n2)n1. The average Bonchev–Trinajstić information content (AvgIpc) is 2.87. The second-order valence-electron chi connectivity index (χ2n) is 4.30. The van der Waals surface area contributed by atoms with Gasteiger partial charge in [-0.3, -0.25) is 0 Å². The van der Waals surface area contributed by atoms with Crippen LogP contribution in [0, 0.1) is 6.92 Å². The van der Waals surface area contributed by atoms with E-state index in [0.29, 0.717) is 31.7 Å². The zero-order chi connectivity index (χ0) is 15.0. The standard InChI is InChI=1S/C14H8Cl3N3S/c1-7-6-21-14(18-7)13-19-11(16)10(12(17)20-13)8-2-4-9(15)5-3-8/h2-6H,1H3. The maximum absolute atomic E-state index is 6.27. The van der Waals surface area contributed by atoms with Crippen LogP contribution in [0.1, 0.15) is 5.69 Å². The van der Waals surface area contributed by atoms with Crippen molar-refractivity contribution in [1.29, 1.82) is 0 Å². The Bertz CT molecular complexity index is 776. The Morgan fingerprint density at radius 1 is 0.905 bits per heavy atom. The van der Waals surface area contributed by atoms with E-state index < -0.39 is 0 Å². The molecule has 21 heavy (non-hydrogen) atoms. The van der Waals surface area contributed by atoms with E-state index in [1.54, 1.807) is 12.1 Å². The second kappa shape index (κ2) is 5.89. The topological polar surface area (TPSA) is 38.7 Å². The summed E-state index contributed by atoms with van der Waals surface area (Å²) in [6.45, 7) is 1.91. The molecule has 0 saturated carbocycles. The van der Waals surface area contributed by atoms with Crippen LogP contribution in [0.4, 0.5) is 0 Å². The first kappa shape index (κ1) is 14.7. The molecular formula is C14H8Cl3N3S. The maximum Gasteiger partial charge on any atom is 0.191 e. The monoisotopic (exact) mass is 355 g/mol. The highest BCUT2D eigenvalue weighted by Crippen LogP contribution is 2.35. The van der Waals surface area contributed by atoms with E-state index >= 15 is 0 Å². The lowest BCUT2D eigenvalue weighted by molar-refractivity contribution is 1.15. The summed E-state index contributed by atoms with van der Waals surface area (Å²) in [5.74, 6) is 0.431. The molecule has 0 fully saturated rings. The van der Waals surface area contributed by atoms with Crippen molar-refractivity contribution < 1.29 is 0 Å². The van der Waals surface area contributed by atoms with Gasteiger partial charge >= 0.3 is 0 Å². The Morgan fingerprint density at radius 2 is 1.52 bits per heavy atom. The van der Waals surface area contributed by atoms with E-state index in [0.717, 1.165) is 11.3 Å². The number of hydrogen-bond donors (Lipinski definition) is 0. The summed E-state index contributed by atoms with van der Waals surface area (Å²) >= 11 is 19.9. The Balaban J connectivity index is 2.10. The number of rotatable bonds is 2. The highest BCUT2D eigenvalue weighted by molar-refractivity contribution is 7.13. The van der Waals surface area contributed by atoms with E-state index in [1.165, 1.54) is 11.3 Å². The second-order valence-corrected chi connectivity index (χ2v) is 6.32. The van der Waals surface area contributed by atoms with Crippen molar-refractivity contribution in [2.24, 2.45) is 0 Å². The van der Waals surface area contributed by atoms with Crippen LogP contribution in [0.3, 0.4) is 0 Å². The summed E-state index contributed by atoms with van der Waals surface area (Å²) in [4.78, 5) is 12.9. The summed E-state index contributed by atoms with van der Waals surface area (Å²) in [6.07, 6.45) is 0. The van der Waals surface area contributed by atoms with Gasteiger partial charge in [0.25, 0.3) is 0 Å². The molecule has 0 aliphatic rings. The fraction of sp³-hybridized carbons (Fsp3) is 0.0714. The lowest BCUT2D eigenvalue weighted by atomic mass is 10.1. The van der Waals surface area contributed by atoms with Crippen LogP contribution in [0.15, 0.2) is 29.6 Å². The van der Waals surface area contributed by atoms with Crippen LogP contribution in [0.5, 0.6) is 0 Å². The Labute approximate surface area is 140 Å². The van der Waals surface area contributed by atoms with Gasteiger partial charge in [-0.2, -0.15) is 0 Å². The fourth-order valence-corrected chi connectivity index (χ4v) is 3.27. The number of thiazole rings is 1. The highest BCUT2D eigenvalue weighted by atomic mass is 35.5. The van der Waals surface area contributed by atoms with Crippen LogP contribution in [0.25, 0.3) is 22.0 Å². The van der Waals surface area contributed by atoms with E-state index in [-0.39, 0.29) is 0 Å². The molecular weight excluding hydrogens is 349 g/mol. The number of nitrogens with zero attached hydrogens (tertiary/aromatic N) is 3. The molecule has 106 valence electrons. The summed E-state index contributed by atoms with van der Waals surface area (Å²) in [5, 5.41) is 3.84. The number of aromatic nitrogens is 3. The van der Waals surface area contributed by atoms with Crippen LogP contribution in [0.2, 0.25) is 15.3 Å². The molecule has 0 aliphatic heterocycles. The minimum atomic E-state index is 0.292. The van der Waals surface area contributed by atoms with Crippen molar-refractivity contribution in [2.75, 3.05) is 0 Å². The van der Waals surface area contributed by atoms with Crippen molar-refractivity contribution in [3.63, 3.8) is 0 Å². The third-order valence-electron chi connectivity index (χ3n) is 2.76. The van der Waals surface area contributed by atoms with Gasteiger partial charge in [-0.15, -0.1) is 11.3 Å². The van der Waals surface area contributed by atoms with Gasteiger partial charge in [0, 0.05) is 16.1 Å². The fourth-order valence-electron chi connectivity index (χ4n) is 1.81. The van der Waals surface area contributed by atoms with Gasteiger partial charge in [0.1, 0.15) is 10.3 Å². The maximum atomic E-state index is 6.27. The van der Waals surface area contributed by atoms with Crippen molar-refractivity contribution in [3.05, 3.63) is 50.7 Å². The van der Waals surface area contributed by atoms with Gasteiger partial charge in [-0.05, 0) is 24.6 Å². The molecule has 0 bridgehead atoms. The third kappa shape index (κ3) is 3.04. The van der Waals surface area contributed by atoms with Crippen molar-refractivity contribution >= 4 is 46.1 Å². The predicted molar refractivity (Wildman–Crippen MR) is 88.3 cm³/mol.